The Hall–Kier alpha value is -2.70. The Morgan fingerprint density at radius 2 is 0.875 bits per heavy atom. The van der Waals surface area contributed by atoms with Gasteiger partial charge in [0.05, 0.1) is 0 Å². The van der Waals surface area contributed by atoms with Crippen molar-refractivity contribution in [3.63, 3.8) is 0 Å². The fourth-order valence-electron chi connectivity index (χ4n) is 2.26. The molecule has 122 valence electrons. The number of aryl methyl sites for hydroxylation is 2. The van der Waals surface area contributed by atoms with E-state index in [0.29, 0.717) is 11.1 Å². The average Bonchev–Trinajstić information content (AvgIpc) is 2.62. The minimum Gasteiger partial charge on any atom is -0.380 e. The first-order valence-electron chi connectivity index (χ1n) is 7.61. The number of aromatic nitrogens is 4. The molecular weight excluding hydrogens is 304 g/mol. The van der Waals surface area contributed by atoms with Crippen LogP contribution in [0, 0.1) is 13.8 Å². The fraction of sp³-hybridized carbons (Fsp3) is 0.222. The van der Waals surface area contributed by atoms with Gasteiger partial charge in [0.1, 0.15) is 12.2 Å². The monoisotopic (exact) mass is 322 g/mol. The lowest BCUT2D eigenvalue weighted by Gasteiger charge is -2.11. The van der Waals surface area contributed by atoms with Crippen molar-refractivity contribution in [2.75, 3.05) is 0 Å². The Morgan fingerprint density at radius 3 is 1.17 bits per heavy atom. The van der Waals surface area contributed by atoms with Crippen molar-refractivity contribution in [3.05, 3.63) is 82.4 Å². The predicted octanol–water partition coefficient (Wildman–Crippen LogP) is 2.05. The van der Waals surface area contributed by atoms with Gasteiger partial charge in [-0.1, -0.05) is 59.7 Å². The van der Waals surface area contributed by atoms with Gasteiger partial charge < -0.3 is 10.2 Å². The maximum atomic E-state index is 10.3. The fourth-order valence-corrected chi connectivity index (χ4v) is 2.26. The van der Waals surface area contributed by atoms with E-state index < -0.39 is 12.2 Å². The van der Waals surface area contributed by atoms with Crippen molar-refractivity contribution >= 4 is 0 Å². The van der Waals surface area contributed by atoms with Crippen molar-refractivity contribution in [2.24, 2.45) is 0 Å². The van der Waals surface area contributed by atoms with Gasteiger partial charge in [-0.3, -0.25) is 0 Å². The van der Waals surface area contributed by atoms with E-state index in [1.54, 1.807) is 24.3 Å². The molecule has 0 spiro atoms. The maximum Gasteiger partial charge on any atom is 0.206 e. The lowest BCUT2D eigenvalue weighted by Crippen LogP contribution is -2.13. The van der Waals surface area contributed by atoms with Crippen molar-refractivity contribution < 1.29 is 10.2 Å². The molecule has 0 aliphatic carbocycles. The number of hydrogen-bond acceptors (Lipinski definition) is 6. The Labute approximate surface area is 139 Å². The van der Waals surface area contributed by atoms with Gasteiger partial charge >= 0.3 is 0 Å². The van der Waals surface area contributed by atoms with Crippen LogP contribution in [0.25, 0.3) is 0 Å². The first kappa shape index (κ1) is 16.2. The lowest BCUT2D eigenvalue weighted by molar-refractivity contribution is 0.193. The molecule has 2 N–H and O–H groups in total. The van der Waals surface area contributed by atoms with E-state index in [1.807, 2.05) is 38.1 Å². The number of rotatable bonds is 4. The van der Waals surface area contributed by atoms with Crippen LogP contribution < -0.4 is 0 Å². The highest BCUT2D eigenvalue weighted by Gasteiger charge is 2.18. The molecule has 2 atom stereocenters. The molecule has 3 rings (SSSR count). The topological polar surface area (TPSA) is 92.0 Å². The zero-order valence-corrected chi connectivity index (χ0v) is 13.5. The summed E-state index contributed by atoms with van der Waals surface area (Å²) in [6, 6.07) is 14.8. The van der Waals surface area contributed by atoms with Gasteiger partial charge in [0.2, 0.25) is 11.6 Å². The maximum absolute atomic E-state index is 10.3. The van der Waals surface area contributed by atoms with Gasteiger partial charge in [0.25, 0.3) is 0 Å². The molecule has 24 heavy (non-hydrogen) atoms. The third-order valence-corrected chi connectivity index (χ3v) is 3.79. The summed E-state index contributed by atoms with van der Waals surface area (Å²) in [6.07, 6.45) is -2.01. The Balaban J connectivity index is 1.79. The van der Waals surface area contributed by atoms with Crippen LogP contribution in [0.15, 0.2) is 48.5 Å². The molecule has 0 saturated carbocycles. The van der Waals surface area contributed by atoms with Crippen molar-refractivity contribution in [3.8, 4) is 0 Å². The highest BCUT2D eigenvalue weighted by molar-refractivity contribution is 5.27. The van der Waals surface area contributed by atoms with Gasteiger partial charge in [-0.15, -0.1) is 20.4 Å². The number of hydrogen-bond donors (Lipinski definition) is 2. The zero-order chi connectivity index (χ0) is 17.1. The summed E-state index contributed by atoms with van der Waals surface area (Å²) >= 11 is 0. The van der Waals surface area contributed by atoms with Crippen LogP contribution in [0.3, 0.4) is 0 Å². The lowest BCUT2D eigenvalue weighted by atomic mass is 10.1. The summed E-state index contributed by atoms with van der Waals surface area (Å²) < 4.78 is 0. The van der Waals surface area contributed by atoms with Crippen LogP contribution in [0.2, 0.25) is 0 Å². The van der Waals surface area contributed by atoms with Crippen LogP contribution in [0.1, 0.15) is 46.1 Å². The first-order valence-corrected chi connectivity index (χ1v) is 7.61. The van der Waals surface area contributed by atoms with Crippen molar-refractivity contribution in [1.82, 2.24) is 20.4 Å². The van der Waals surface area contributed by atoms with Gasteiger partial charge in [-0.25, -0.2) is 0 Å². The Kier molecular flexibility index (Phi) is 4.59. The van der Waals surface area contributed by atoms with E-state index in [0.717, 1.165) is 11.1 Å². The number of aliphatic hydroxyl groups excluding tert-OH is 2. The summed E-state index contributed by atoms with van der Waals surface area (Å²) in [5.41, 5.74) is 3.52. The molecule has 6 nitrogen and oxygen atoms in total. The third kappa shape index (κ3) is 3.45. The molecule has 0 radical (unpaired) electrons. The molecule has 3 aromatic rings. The number of aliphatic hydroxyl groups is 2. The van der Waals surface area contributed by atoms with Crippen LogP contribution in [0.5, 0.6) is 0 Å². The second-order valence-corrected chi connectivity index (χ2v) is 5.74. The summed E-state index contributed by atoms with van der Waals surface area (Å²) in [5, 5.41) is 36.2. The van der Waals surface area contributed by atoms with Gasteiger partial charge in [0, 0.05) is 0 Å². The molecule has 0 aliphatic rings. The van der Waals surface area contributed by atoms with Crippen LogP contribution >= 0.6 is 0 Å². The van der Waals surface area contributed by atoms with E-state index in [2.05, 4.69) is 20.4 Å². The van der Waals surface area contributed by atoms with Crippen LogP contribution in [0.4, 0.5) is 0 Å². The van der Waals surface area contributed by atoms with Crippen molar-refractivity contribution in [1.29, 1.82) is 0 Å². The molecule has 1 heterocycles. The normalized spacial score (nSPS) is 13.5. The summed E-state index contributed by atoms with van der Waals surface area (Å²) in [5.74, 6) is 0.192. The minimum atomic E-state index is -1.00. The molecule has 0 amide bonds. The first-order chi connectivity index (χ1) is 11.5. The Bertz CT molecular complexity index is 731. The van der Waals surface area contributed by atoms with Gasteiger partial charge in [-0.05, 0) is 25.0 Å². The van der Waals surface area contributed by atoms with Gasteiger partial charge in [-0.2, -0.15) is 0 Å². The smallest absolute Gasteiger partial charge is 0.206 e. The molecule has 0 fully saturated rings. The standard InChI is InChI=1S/C18H18N4O2/c1-11-3-7-13(8-4-11)15(23)17-19-21-18(22-20-17)16(24)14-9-5-12(2)6-10-14/h3-10,15-16,23-24H,1-2H3. The average molecular weight is 322 g/mol. The number of nitrogens with zero attached hydrogens (tertiary/aromatic N) is 4. The third-order valence-electron chi connectivity index (χ3n) is 3.79. The molecule has 2 unspecified atom stereocenters. The highest BCUT2D eigenvalue weighted by Crippen LogP contribution is 2.20. The molecule has 0 bridgehead atoms. The molecule has 0 saturated heterocycles. The van der Waals surface area contributed by atoms with E-state index >= 15 is 0 Å². The molecule has 2 aromatic carbocycles. The van der Waals surface area contributed by atoms with Crippen LogP contribution in [-0.4, -0.2) is 30.6 Å². The molecular formula is C18H18N4O2. The second kappa shape index (κ2) is 6.82. The van der Waals surface area contributed by atoms with Crippen molar-refractivity contribution in [2.45, 2.75) is 26.1 Å². The largest absolute Gasteiger partial charge is 0.380 e. The van der Waals surface area contributed by atoms with E-state index in [4.69, 9.17) is 0 Å². The molecule has 0 aliphatic heterocycles. The summed E-state index contributed by atoms with van der Waals surface area (Å²) in [4.78, 5) is 0. The van der Waals surface area contributed by atoms with E-state index in [1.165, 1.54) is 0 Å². The van der Waals surface area contributed by atoms with Gasteiger partial charge in [0.15, 0.2) is 0 Å². The minimum absolute atomic E-state index is 0.0960. The molecule has 1 aromatic heterocycles. The zero-order valence-electron chi connectivity index (χ0n) is 13.5. The summed E-state index contributed by atoms with van der Waals surface area (Å²) in [6.45, 7) is 3.94. The summed E-state index contributed by atoms with van der Waals surface area (Å²) in [7, 11) is 0. The number of benzene rings is 2. The Morgan fingerprint density at radius 1 is 0.583 bits per heavy atom. The second-order valence-electron chi connectivity index (χ2n) is 5.74. The highest BCUT2D eigenvalue weighted by atomic mass is 16.3. The quantitative estimate of drug-likeness (QED) is 0.764. The van der Waals surface area contributed by atoms with Crippen LogP contribution in [-0.2, 0) is 0 Å². The van der Waals surface area contributed by atoms with E-state index in [-0.39, 0.29) is 11.6 Å². The predicted molar refractivity (Wildman–Crippen MR) is 88.1 cm³/mol. The molecule has 6 heteroatoms. The SMILES string of the molecule is Cc1ccc(C(O)c2nnc(C(O)c3ccc(C)cc3)nn2)cc1. The van der Waals surface area contributed by atoms with E-state index in [9.17, 15) is 10.2 Å².